The van der Waals surface area contributed by atoms with Crippen LogP contribution in [0.15, 0.2) is 174 Å². The molecule has 0 N–H and O–H groups in total. The van der Waals surface area contributed by atoms with Gasteiger partial charge in [0.15, 0.2) is 0 Å². The number of fused-ring (bicyclic) bond motifs is 14. The van der Waals surface area contributed by atoms with Crippen LogP contribution in [0, 0.1) is 0 Å². The fourth-order valence-corrected chi connectivity index (χ4v) is 9.43. The third kappa shape index (κ3) is 3.83. The summed E-state index contributed by atoms with van der Waals surface area (Å²) in [5.74, 6) is 0.248. The average Bonchev–Trinajstić information content (AvgIpc) is 3.77. The van der Waals surface area contributed by atoms with Crippen molar-refractivity contribution >= 4 is 65.9 Å². The average molecular weight is 659 g/mol. The summed E-state index contributed by atoms with van der Waals surface area (Å²) in [6, 6.07) is 62.7. The Hall–Kier alpha value is -6.70. The van der Waals surface area contributed by atoms with Gasteiger partial charge in [-0.25, -0.2) is 0 Å². The third-order valence-electron chi connectivity index (χ3n) is 11.7. The predicted molar refractivity (Wildman–Crippen MR) is 219 cm³/mol. The van der Waals surface area contributed by atoms with Gasteiger partial charge in [-0.15, -0.1) is 0 Å². The van der Waals surface area contributed by atoms with Gasteiger partial charge >= 0.3 is 0 Å². The lowest BCUT2D eigenvalue weighted by atomic mass is 9.74. The molecule has 1 atom stereocenters. The van der Waals surface area contributed by atoms with Crippen LogP contribution in [0.1, 0.15) is 28.2 Å². The lowest BCUT2D eigenvalue weighted by Gasteiger charge is -2.29. The number of benzene rings is 9. The Balaban J connectivity index is 1.10. The van der Waals surface area contributed by atoms with Crippen molar-refractivity contribution in [2.75, 3.05) is 0 Å². The van der Waals surface area contributed by atoms with Crippen LogP contribution in [0.25, 0.3) is 99.3 Å². The maximum absolute atomic E-state index is 6.42. The smallest absolute Gasteiger partial charge is 0.136 e. The fraction of sp³-hybridized carbons (Fsp3) is 0.0196. The highest BCUT2D eigenvalue weighted by molar-refractivity contribution is 6.22. The van der Waals surface area contributed by atoms with E-state index in [1.54, 1.807) is 0 Å². The number of allylic oxidation sites excluding steroid dienone is 1. The van der Waals surface area contributed by atoms with Gasteiger partial charge in [0, 0.05) is 16.7 Å². The zero-order valence-electron chi connectivity index (χ0n) is 28.2. The van der Waals surface area contributed by atoms with Gasteiger partial charge in [-0.1, -0.05) is 140 Å². The van der Waals surface area contributed by atoms with Gasteiger partial charge in [-0.05, 0) is 130 Å². The number of hydrogen-bond donors (Lipinski definition) is 0. The molecule has 12 rings (SSSR count). The molecule has 0 spiro atoms. The molecule has 1 nitrogen and oxygen atoms in total. The molecule has 240 valence electrons. The normalized spacial score (nSPS) is 14.5. The van der Waals surface area contributed by atoms with Gasteiger partial charge in [0.2, 0.25) is 0 Å². The quantitative estimate of drug-likeness (QED) is 0.169. The summed E-state index contributed by atoms with van der Waals surface area (Å²) in [6.07, 6.45) is 2.40. The molecule has 1 unspecified atom stereocenters. The first-order valence-electron chi connectivity index (χ1n) is 18.1. The lowest BCUT2D eigenvalue weighted by Crippen LogP contribution is -2.09. The van der Waals surface area contributed by atoms with Crippen LogP contribution in [0.2, 0.25) is 0 Å². The van der Waals surface area contributed by atoms with E-state index in [1.807, 2.05) is 0 Å². The largest absolute Gasteiger partial charge is 0.456 e. The molecule has 0 radical (unpaired) electrons. The maximum Gasteiger partial charge on any atom is 0.136 e. The van der Waals surface area contributed by atoms with Crippen molar-refractivity contribution in [1.82, 2.24) is 0 Å². The predicted octanol–water partition coefficient (Wildman–Crippen LogP) is 14.0. The van der Waals surface area contributed by atoms with Crippen molar-refractivity contribution < 1.29 is 4.42 Å². The maximum atomic E-state index is 6.42. The van der Waals surface area contributed by atoms with Crippen molar-refractivity contribution in [3.63, 3.8) is 0 Å². The van der Waals surface area contributed by atoms with E-state index >= 15 is 0 Å². The molecule has 0 bridgehead atoms. The molecule has 2 aliphatic rings. The van der Waals surface area contributed by atoms with Gasteiger partial charge in [-0.3, -0.25) is 0 Å². The van der Waals surface area contributed by atoms with Crippen LogP contribution < -0.4 is 0 Å². The first-order chi connectivity index (χ1) is 25.8. The Bertz CT molecular complexity index is 3130. The zero-order chi connectivity index (χ0) is 33.9. The Morgan fingerprint density at radius 1 is 0.365 bits per heavy atom. The molecule has 0 amide bonds. The van der Waals surface area contributed by atoms with Crippen molar-refractivity contribution in [1.29, 1.82) is 0 Å². The van der Waals surface area contributed by atoms with E-state index in [9.17, 15) is 0 Å². The molecule has 2 aliphatic carbocycles. The first-order valence-corrected chi connectivity index (χ1v) is 18.1. The van der Waals surface area contributed by atoms with E-state index in [0.29, 0.717) is 0 Å². The standard InChI is InChI=1S/C51H30O/c1-2-12-31-29-48-45(25-30(31)11-1)44-28-34(22-24-47(44)52-48)50-40-19-9-7-17-38(40)49(39-18-8-10-20-41(39)50)33-21-23-42-43(27-33)36-15-5-6-16-37(36)46-26-32-13-3-4-14-35(32)51(42)46/h1-29,51H. The molecule has 10 aromatic rings. The summed E-state index contributed by atoms with van der Waals surface area (Å²) < 4.78 is 6.42. The van der Waals surface area contributed by atoms with E-state index < -0.39 is 0 Å². The molecule has 1 heterocycles. The van der Waals surface area contributed by atoms with Crippen molar-refractivity contribution in [2.24, 2.45) is 0 Å². The number of rotatable bonds is 2. The van der Waals surface area contributed by atoms with Crippen LogP contribution in [-0.4, -0.2) is 0 Å². The van der Waals surface area contributed by atoms with E-state index in [0.717, 1.165) is 21.9 Å². The SMILES string of the molecule is C1=C2c3ccccc3-c3cc(-c4c5ccccc5c(-c5ccc6oc7cc8ccccc8cc7c6c5)c5ccccc45)ccc3C2c2ccccc21. The van der Waals surface area contributed by atoms with Gasteiger partial charge in [0.05, 0.1) is 0 Å². The van der Waals surface area contributed by atoms with Crippen molar-refractivity contribution in [2.45, 2.75) is 5.92 Å². The summed E-state index contributed by atoms with van der Waals surface area (Å²) in [6.45, 7) is 0. The van der Waals surface area contributed by atoms with Crippen molar-refractivity contribution in [3.05, 3.63) is 192 Å². The summed E-state index contributed by atoms with van der Waals surface area (Å²) in [7, 11) is 0. The topological polar surface area (TPSA) is 13.1 Å². The molecule has 0 fully saturated rings. The summed E-state index contributed by atoms with van der Waals surface area (Å²) in [5.41, 5.74) is 16.3. The summed E-state index contributed by atoms with van der Waals surface area (Å²) in [4.78, 5) is 0. The highest BCUT2D eigenvalue weighted by atomic mass is 16.3. The third-order valence-corrected chi connectivity index (χ3v) is 11.7. The second-order valence-electron chi connectivity index (χ2n) is 14.4. The summed E-state index contributed by atoms with van der Waals surface area (Å²) in [5, 5.41) is 9.73. The van der Waals surface area contributed by atoms with Gasteiger partial charge < -0.3 is 4.42 Å². The second kappa shape index (κ2) is 10.4. The second-order valence-corrected chi connectivity index (χ2v) is 14.4. The first kappa shape index (κ1) is 28.0. The Morgan fingerprint density at radius 2 is 0.942 bits per heavy atom. The molecule has 52 heavy (non-hydrogen) atoms. The minimum absolute atomic E-state index is 0.248. The fourth-order valence-electron chi connectivity index (χ4n) is 9.43. The minimum atomic E-state index is 0.248. The molecule has 9 aromatic carbocycles. The molecule has 0 aliphatic heterocycles. The molecule has 0 saturated carbocycles. The van der Waals surface area contributed by atoms with Crippen LogP contribution in [-0.2, 0) is 0 Å². The molecular weight excluding hydrogens is 629 g/mol. The molecule has 1 aromatic heterocycles. The van der Waals surface area contributed by atoms with Gasteiger partial charge in [-0.2, -0.15) is 0 Å². The van der Waals surface area contributed by atoms with Crippen LogP contribution >= 0.6 is 0 Å². The Morgan fingerprint density at radius 3 is 1.69 bits per heavy atom. The van der Waals surface area contributed by atoms with Crippen LogP contribution in [0.3, 0.4) is 0 Å². The van der Waals surface area contributed by atoms with E-state index in [-0.39, 0.29) is 5.92 Å². The monoisotopic (exact) mass is 658 g/mol. The van der Waals surface area contributed by atoms with Crippen molar-refractivity contribution in [3.8, 4) is 33.4 Å². The Labute approximate surface area is 300 Å². The highest BCUT2D eigenvalue weighted by Crippen LogP contribution is 2.55. The molecular formula is C51H30O. The van der Waals surface area contributed by atoms with Crippen LogP contribution in [0.5, 0.6) is 0 Å². The Kier molecular flexibility index (Phi) is 5.62. The number of hydrogen-bond acceptors (Lipinski definition) is 1. The highest BCUT2D eigenvalue weighted by Gasteiger charge is 2.35. The lowest BCUT2D eigenvalue weighted by molar-refractivity contribution is 0.669. The molecule has 0 saturated heterocycles. The van der Waals surface area contributed by atoms with Gasteiger partial charge in [0.1, 0.15) is 11.2 Å². The van der Waals surface area contributed by atoms with Gasteiger partial charge in [0.25, 0.3) is 0 Å². The van der Waals surface area contributed by atoms with E-state index in [4.69, 9.17) is 4.42 Å². The summed E-state index contributed by atoms with van der Waals surface area (Å²) >= 11 is 0. The van der Waals surface area contributed by atoms with E-state index in [2.05, 4.69) is 176 Å². The zero-order valence-corrected chi connectivity index (χ0v) is 28.2. The number of furan rings is 1. The minimum Gasteiger partial charge on any atom is -0.456 e. The van der Waals surface area contributed by atoms with Crippen LogP contribution in [0.4, 0.5) is 0 Å². The van der Waals surface area contributed by atoms with E-state index in [1.165, 1.54) is 93.5 Å². The molecule has 1 heteroatoms.